The number of hydrogen-bond acceptors (Lipinski definition) is 2. The van der Waals surface area contributed by atoms with Gasteiger partial charge in [0.2, 0.25) is 5.91 Å². The number of anilines is 1. The summed E-state index contributed by atoms with van der Waals surface area (Å²) < 4.78 is 0. The quantitative estimate of drug-likeness (QED) is 0.820. The molecule has 0 radical (unpaired) electrons. The first-order chi connectivity index (χ1) is 10.0. The van der Waals surface area contributed by atoms with Gasteiger partial charge in [-0.05, 0) is 36.1 Å². The van der Waals surface area contributed by atoms with E-state index in [1.165, 1.54) is 23.3 Å². The molecule has 108 valence electrons. The third-order valence-corrected chi connectivity index (χ3v) is 4.28. The highest BCUT2D eigenvalue weighted by molar-refractivity contribution is 6.37. The second-order valence-electron chi connectivity index (χ2n) is 5.15. The smallest absolute Gasteiger partial charge is 0.228 e. The van der Waals surface area contributed by atoms with Crippen LogP contribution in [0.5, 0.6) is 5.75 Å². The molecule has 1 amide bonds. The van der Waals surface area contributed by atoms with Gasteiger partial charge in [-0.1, -0.05) is 47.5 Å². The number of carbonyl (C=O) groups is 1. The number of carbonyl (C=O) groups excluding carboxylic acids is 1. The summed E-state index contributed by atoms with van der Waals surface area (Å²) in [5, 5.41) is 12.6. The van der Waals surface area contributed by atoms with Crippen LogP contribution in [-0.4, -0.2) is 11.0 Å². The maximum atomic E-state index is 12.3. The summed E-state index contributed by atoms with van der Waals surface area (Å²) in [7, 11) is 0. The summed E-state index contributed by atoms with van der Waals surface area (Å²) in [6.07, 6.45) is 1.48. The molecule has 21 heavy (non-hydrogen) atoms. The van der Waals surface area contributed by atoms with Crippen molar-refractivity contribution < 1.29 is 9.90 Å². The number of benzene rings is 2. The Morgan fingerprint density at radius 2 is 1.62 bits per heavy atom. The van der Waals surface area contributed by atoms with Crippen molar-refractivity contribution in [2.24, 2.45) is 5.92 Å². The molecule has 0 atom stereocenters. The fourth-order valence-electron chi connectivity index (χ4n) is 2.63. The van der Waals surface area contributed by atoms with Gasteiger partial charge in [-0.3, -0.25) is 4.79 Å². The van der Waals surface area contributed by atoms with E-state index >= 15 is 0 Å². The molecule has 3 nitrogen and oxygen atoms in total. The Labute approximate surface area is 132 Å². The van der Waals surface area contributed by atoms with Gasteiger partial charge in [0.05, 0.1) is 10.0 Å². The molecule has 0 bridgehead atoms. The van der Waals surface area contributed by atoms with Crippen LogP contribution < -0.4 is 5.32 Å². The van der Waals surface area contributed by atoms with Crippen molar-refractivity contribution in [3.8, 4) is 5.75 Å². The summed E-state index contributed by atoms with van der Waals surface area (Å²) >= 11 is 11.7. The minimum absolute atomic E-state index is 0.0657. The molecule has 2 aromatic carbocycles. The Kier molecular flexibility index (Phi) is 3.79. The van der Waals surface area contributed by atoms with Gasteiger partial charge in [0.1, 0.15) is 0 Å². The normalized spacial score (nSPS) is 14.0. The lowest BCUT2D eigenvalue weighted by Gasteiger charge is -2.11. The zero-order chi connectivity index (χ0) is 15.0. The van der Waals surface area contributed by atoms with E-state index < -0.39 is 0 Å². The number of nitrogens with one attached hydrogen (secondary N) is 1. The molecule has 0 aliphatic heterocycles. The molecule has 0 spiro atoms. The summed E-state index contributed by atoms with van der Waals surface area (Å²) in [5.41, 5.74) is 2.93. The predicted molar refractivity (Wildman–Crippen MR) is 84.1 cm³/mol. The second-order valence-corrected chi connectivity index (χ2v) is 5.97. The van der Waals surface area contributed by atoms with Crippen LogP contribution >= 0.6 is 23.2 Å². The van der Waals surface area contributed by atoms with Crippen LogP contribution in [0.4, 0.5) is 5.69 Å². The molecule has 0 heterocycles. The zero-order valence-electron chi connectivity index (χ0n) is 11.1. The van der Waals surface area contributed by atoms with E-state index in [-0.39, 0.29) is 27.6 Å². The van der Waals surface area contributed by atoms with Crippen molar-refractivity contribution in [3.63, 3.8) is 0 Å². The van der Waals surface area contributed by atoms with Gasteiger partial charge >= 0.3 is 0 Å². The van der Waals surface area contributed by atoms with Crippen LogP contribution in [0.3, 0.4) is 0 Å². The van der Waals surface area contributed by atoms with Gasteiger partial charge < -0.3 is 10.4 Å². The molecular weight excluding hydrogens is 309 g/mol. The fourth-order valence-corrected chi connectivity index (χ4v) is 3.11. The van der Waals surface area contributed by atoms with E-state index in [4.69, 9.17) is 23.2 Å². The van der Waals surface area contributed by atoms with Crippen LogP contribution in [0.1, 0.15) is 11.1 Å². The molecule has 5 heteroatoms. The van der Waals surface area contributed by atoms with E-state index in [1.54, 1.807) is 0 Å². The lowest BCUT2D eigenvalue weighted by Crippen LogP contribution is -2.23. The number of hydrogen-bond donors (Lipinski definition) is 2. The Morgan fingerprint density at radius 3 is 2.14 bits per heavy atom. The van der Waals surface area contributed by atoms with Gasteiger partial charge in [0, 0.05) is 11.6 Å². The van der Waals surface area contributed by atoms with E-state index in [1.807, 2.05) is 12.1 Å². The van der Waals surface area contributed by atoms with Gasteiger partial charge in [-0.25, -0.2) is 0 Å². The van der Waals surface area contributed by atoms with Crippen molar-refractivity contribution in [2.75, 3.05) is 5.32 Å². The molecule has 2 aromatic rings. The van der Waals surface area contributed by atoms with Crippen LogP contribution in [0, 0.1) is 5.92 Å². The molecule has 2 N–H and O–H groups in total. The van der Waals surface area contributed by atoms with E-state index in [0.29, 0.717) is 5.69 Å². The van der Waals surface area contributed by atoms with Crippen LogP contribution in [0.2, 0.25) is 10.0 Å². The monoisotopic (exact) mass is 321 g/mol. The number of rotatable bonds is 2. The molecule has 1 aliphatic carbocycles. The number of phenolic OH excluding ortho intramolecular Hbond substituents is 1. The summed E-state index contributed by atoms with van der Waals surface area (Å²) in [6.45, 7) is 0. The van der Waals surface area contributed by atoms with Crippen LogP contribution in [0.25, 0.3) is 0 Å². The van der Waals surface area contributed by atoms with Crippen molar-refractivity contribution in [3.05, 3.63) is 57.6 Å². The SMILES string of the molecule is O=C(Nc1cc(Cl)c(O)c(Cl)c1)C1Cc2ccccc2C1. The minimum Gasteiger partial charge on any atom is -0.505 e. The Morgan fingerprint density at radius 1 is 1.10 bits per heavy atom. The van der Waals surface area contributed by atoms with Crippen LogP contribution in [-0.2, 0) is 17.6 Å². The lowest BCUT2D eigenvalue weighted by molar-refractivity contribution is -0.119. The third kappa shape index (κ3) is 2.85. The number of phenols is 1. The summed E-state index contributed by atoms with van der Waals surface area (Å²) in [4.78, 5) is 12.3. The number of halogens is 2. The number of aromatic hydroxyl groups is 1. The van der Waals surface area contributed by atoms with Crippen molar-refractivity contribution in [1.29, 1.82) is 0 Å². The largest absolute Gasteiger partial charge is 0.505 e. The highest BCUT2D eigenvalue weighted by Crippen LogP contribution is 2.35. The van der Waals surface area contributed by atoms with Crippen molar-refractivity contribution in [1.82, 2.24) is 0 Å². The molecule has 0 aromatic heterocycles. The number of amides is 1. The molecule has 1 aliphatic rings. The first kappa shape index (κ1) is 14.2. The molecule has 0 fully saturated rings. The zero-order valence-corrected chi connectivity index (χ0v) is 12.6. The first-order valence-electron chi connectivity index (χ1n) is 6.60. The van der Waals surface area contributed by atoms with E-state index in [9.17, 15) is 9.90 Å². The topological polar surface area (TPSA) is 49.3 Å². The molecule has 0 saturated heterocycles. The van der Waals surface area contributed by atoms with E-state index in [2.05, 4.69) is 17.4 Å². The second kappa shape index (κ2) is 5.58. The van der Waals surface area contributed by atoms with Gasteiger partial charge in [-0.2, -0.15) is 0 Å². The molecule has 0 saturated carbocycles. The van der Waals surface area contributed by atoms with Gasteiger partial charge in [0.25, 0.3) is 0 Å². The minimum atomic E-state index is -0.176. The maximum Gasteiger partial charge on any atom is 0.228 e. The third-order valence-electron chi connectivity index (χ3n) is 3.71. The van der Waals surface area contributed by atoms with Crippen molar-refractivity contribution >= 4 is 34.8 Å². The highest BCUT2D eigenvalue weighted by Gasteiger charge is 2.27. The fraction of sp³-hybridized carbons (Fsp3) is 0.188. The molecular formula is C16H13Cl2NO2. The standard InChI is InChI=1S/C16H13Cl2NO2/c17-13-7-12(8-14(18)15(13)20)19-16(21)11-5-9-3-1-2-4-10(9)6-11/h1-4,7-8,11,20H,5-6H2,(H,19,21). The Hall–Kier alpha value is -1.71. The maximum absolute atomic E-state index is 12.3. The highest BCUT2D eigenvalue weighted by atomic mass is 35.5. The Bertz CT molecular complexity index is 667. The predicted octanol–water partition coefficient (Wildman–Crippen LogP) is 4.05. The summed E-state index contributed by atoms with van der Waals surface area (Å²) in [6, 6.07) is 11.1. The molecule has 0 unspecified atom stereocenters. The summed E-state index contributed by atoms with van der Waals surface area (Å²) in [5.74, 6) is -0.331. The van der Waals surface area contributed by atoms with E-state index in [0.717, 1.165) is 12.8 Å². The van der Waals surface area contributed by atoms with Gasteiger partial charge in [-0.15, -0.1) is 0 Å². The average molecular weight is 322 g/mol. The van der Waals surface area contributed by atoms with Gasteiger partial charge in [0.15, 0.2) is 5.75 Å². The average Bonchev–Trinajstić information content (AvgIpc) is 2.88. The van der Waals surface area contributed by atoms with Crippen molar-refractivity contribution in [2.45, 2.75) is 12.8 Å². The molecule has 3 rings (SSSR count). The lowest BCUT2D eigenvalue weighted by atomic mass is 10.1. The first-order valence-corrected chi connectivity index (χ1v) is 7.36. The van der Waals surface area contributed by atoms with Crippen LogP contribution in [0.15, 0.2) is 36.4 Å². The Balaban J connectivity index is 1.74. The number of fused-ring (bicyclic) bond motifs is 1.